The molecular formula is C15H23NO. The molecule has 94 valence electrons. The molecule has 1 aromatic carbocycles. The Morgan fingerprint density at radius 1 is 1.12 bits per heavy atom. The Balaban J connectivity index is 2.11. The molecule has 3 N–H and O–H groups in total. The number of aryl methyl sites for hydroxylation is 1. The van der Waals surface area contributed by atoms with Crippen molar-refractivity contribution >= 4 is 0 Å². The number of aliphatic hydroxyl groups is 1. The maximum Gasteiger partial charge on any atom is 0.0434 e. The van der Waals surface area contributed by atoms with Crippen LogP contribution in [-0.2, 0) is 11.8 Å². The number of aliphatic hydroxyl groups excluding tert-OH is 1. The summed E-state index contributed by atoms with van der Waals surface area (Å²) in [6.07, 6.45) is 6.90. The van der Waals surface area contributed by atoms with Crippen LogP contribution in [0.1, 0.15) is 43.2 Å². The van der Waals surface area contributed by atoms with Crippen molar-refractivity contribution in [3.8, 4) is 0 Å². The minimum atomic E-state index is 0.246. The minimum absolute atomic E-state index is 0.246. The molecule has 0 radical (unpaired) electrons. The van der Waals surface area contributed by atoms with Crippen LogP contribution in [-0.4, -0.2) is 18.3 Å². The van der Waals surface area contributed by atoms with Crippen molar-refractivity contribution in [2.24, 2.45) is 5.73 Å². The molecule has 1 aromatic rings. The van der Waals surface area contributed by atoms with Crippen molar-refractivity contribution in [1.29, 1.82) is 0 Å². The average Bonchev–Trinajstić information content (AvgIpc) is 2.87. The molecule has 1 fully saturated rings. The van der Waals surface area contributed by atoms with Crippen molar-refractivity contribution in [2.75, 3.05) is 13.2 Å². The Morgan fingerprint density at radius 3 is 2.29 bits per heavy atom. The molecular weight excluding hydrogens is 210 g/mol. The SMILES string of the molecule is NCC1(c2ccc(CCCO)cc2)CCCC1. The van der Waals surface area contributed by atoms with Crippen molar-refractivity contribution < 1.29 is 5.11 Å². The largest absolute Gasteiger partial charge is 0.396 e. The Morgan fingerprint density at radius 2 is 1.76 bits per heavy atom. The molecule has 0 aromatic heterocycles. The van der Waals surface area contributed by atoms with Crippen LogP contribution in [0.2, 0.25) is 0 Å². The summed E-state index contributed by atoms with van der Waals surface area (Å²) in [6, 6.07) is 8.87. The average molecular weight is 233 g/mol. The first-order chi connectivity index (χ1) is 8.30. The highest BCUT2D eigenvalue weighted by atomic mass is 16.2. The molecule has 0 unspecified atom stereocenters. The van der Waals surface area contributed by atoms with Gasteiger partial charge in [-0.1, -0.05) is 37.1 Å². The highest BCUT2D eigenvalue weighted by Crippen LogP contribution is 2.40. The molecule has 1 aliphatic carbocycles. The van der Waals surface area contributed by atoms with E-state index in [1.807, 2.05) is 0 Å². The predicted octanol–water partition coefficient (Wildman–Crippen LogP) is 2.38. The van der Waals surface area contributed by atoms with Gasteiger partial charge < -0.3 is 10.8 Å². The van der Waals surface area contributed by atoms with Gasteiger partial charge in [-0.05, 0) is 36.8 Å². The van der Waals surface area contributed by atoms with Gasteiger partial charge in [0.1, 0.15) is 0 Å². The Labute approximate surface area is 104 Å². The first kappa shape index (κ1) is 12.6. The molecule has 2 heteroatoms. The van der Waals surface area contributed by atoms with Crippen molar-refractivity contribution in [1.82, 2.24) is 0 Å². The lowest BCUT2D eigenvalue weighted by atomic mass is 9.79. The van der Waals surface area contributed by atoms with Crippen LogP contribution in [0.25, 0.3) is 0 Å². The van der Waals surface area contributed by atoms with Gasteiger partial charge in [-0.25, -0.2) is 0 Å². The normalized spacial score (nSPS) is 18.5. The van der Waals surface area contributed by atoms with Gasteiger partial charge in [0.25, 0.3) is 0 Å². The van der Waals surface area contributed by atoms with E-state index in [0.717, 1.165) is 19.4 Å². The first-order valence-corrected chi connectivity index (χ1v) is 6.71. The molecule has 0 heterocycles. The maximum absolute atomic E-state index is 8.82. The topological polar surface area (TPSA) is 46.2 Å². The van der Waals surface area contributed by atoms with Gasteiger partial charge in [0, 0.05) is 18.6 Å². The smallest absolute Gasteiger partial charge is 0.0434 e. The summed E-state index contributed by atoms with van der Waals surface area (Å²) in [5, 5.41) is 8.82. The molecule has 1 aliphatic rings. The molecule has 0 amide bonds. The number of hydrogen-bond donors (Lipinski definition) is 2. The fourth-order valence-corrected chi connectivity index (χ4v) is 2.97. The zero-order valence-electron chi connectivity index (χ0n) is 10.5. The van der Waals surface area contributed by atoms with Gasteiger partial charge in [-0.2, -0.15) is 0 Å². The van der Waals surface area contributed by atoms with Crippen LogP contribution in [0, 0.1) is 0 Å². The van der Waals surface area contributed by atoms with E-state index in [1.54, 1.807) is 0 Å². The van der Waals surface area contributed by atoms with Gasteiger partial charge in [0.2, 0.25) is 0 Å². The van der Waals surface area contributed by atoms with Crippen LogP contribution < -0.4 is 5.73 Å². The fraction of sp³-hybridized carbons (Fsp3) is 0.600. The summed E-state index contributed by atoms with van der Waals surface area (Å²) in [6.45, 7) is 1.04. The van der Waals surface area contributed by atoms with Gasteiger partial charge in [0.15, 0.2) is 0 Å². The minimum Gasteiger partial charge on any atom is -0.396 e. The van der Waals surface area contributed by atoms with Crippen LogP contribution in [0.3, 0.4) is 0 Å². The molecule has 0 aliphatic heterocycles. The van der Waals surface area contributed by atoms with E-state index in [4.69, 9.17) is 10.8 Å². The molecule has 0 spiro atoms. The molecule has 17 heavy (non-hydrogen) atoms. The lowest BCUT2D eigenvalue weighted by Gasteiger charge is -2.28. The van der Waals surface area contributed by atoms with E-state index >= 15 is 0 Å². The van der Waals surface area contributed by atoms with E-state index in [2.05, 4.69) is 24.3 Å². The second-order valence-electron chi connectivity index (χ2n) is 5.22. The van der Waals surface area contributed by atoms with Gasteiger partial charge in [-0.3, -0.25) is 0 Å². The zero-order chi connectivity index (χ0) is 12.1. The third kappa shape index (κ3) is 2.70. The van der Waals surface area contributed by atoms with Crippen LogP contribution in [0.4, 0.5) is 0 Å². The summed E-state index contributed by atoms with van der Waals surface area (Å²) in [5.74, 6) is 0. The quantitative estimate of drug-likeness (QED) is 0.820. The molecule has 1 saturated carbocycles. The number of hydrogen-bond acceptors (Lipinski definition) is 2. The first-order valence-electron chi connectivity index (χ1n) is 6.71. The third-order valence-electron chi connectivity index (χ3n) is 4.14. The van der Waals surface area contributed by atoms with E-state index in [0.29, 0.717) is 0 Å². The van der Waals surface area contributed by atoms with Crippen molar-refractivity contribution in [3.63, 3.8) is 0 Å². The Hall–Kier alpha value is -0.860. The molecule has 0 atom stereocenters. The van der Waals surface area contributed by atoms with E-state index in [9.17, 15) is 0 Å². The standard InChI is InChI=1S/C15H23NO/c16-12-15(9-1-2-10-15)14-7-5-13(6-8-14)4-3-11-17/h5-8,17H,1-4,9-12,16H2. The summed E-state index contributed by atoms with van der Waals surface area (Å²) in [4.78, 5) is 0. The Kier molecular flexibility index (Phi) is 4.19. The summed E-state index contributed by atoms with van der Waals surface area (Å²) >= 11 is 0. The van der Waals surface area contributed by atoms with Gasteiger partial charge in [-0.15, -0.1) is 0 Å². The Bertz CT molecular complexity index is 338. The van der Waals surface area contributed by atoms with Gasteiger partial charge in [0.05, 0.1) is 0 Å². The van der Waals surface area contributed by atoms with Gasteiger partial charge >= 0.3 is 0 Å². The van der Waals surface area contributed by atoms with Crippen LogP contribution in [0.5, 0.6) is 0 Å². The lowest BCUT2D eigenvalue weighted by molar-refractivity contribution is 0.288. The number of benzene rings is 1. The van der Waals surface area contributed by atoms with Crippen LogP contribution >= 0.6 is 0 Å². The lowest BCUT2D eigenvalue weighted by Crippen LogP contribution is -2.31. The second-order valence-corrected chi connectivity index (χ2v) is 5.22. The monoisotopic (exact) mass is 233 g/mol. The van der Waals surface area contributed by atoms with E-state index < -0.39 is 0 Å². The van der Waals surface area contributed by atoms with Crippen LogP contribution in [0.15, 0.2) is 24.3 Å². The molecule has 0 saturated heterocycles. The second kappa shape index (κ2) is 5.65. The predicted molar refractivity (Wildman–Crippen MR) is 71.0 cm³/mol. The van der Waals surface area contributed by atoms with E-state index in [-0.39, 0.29) is 12.0 Å². The highest BCUT2D eigenvalue weighted by molar-refractivity contribution is 5.30. The summed E-state index contributed by atoms with van der Waals surface area (Å²) in [7, 11) is 0. The summed E-state index contributed by atoms with van der Waals surface area (Å²) < 4.78 is 0. The maximum atomic E-state index is 8.82. The number of rotatable bonds is 5. The zero-order valence-corrected chi connectivity index (χ0v) is 10.5. The van der Waals surface area contributed by atoms with E-state index in [1.165, 1.54) is 36.8 Å². The fourth-order valence-electron chi connectivity index (χ4n) is 2.97. The van der Waals surface area contributed by atoms with Crippen molar-refractivity contribution in [3.05, 3.63) is 35.4 Å². The van der Waals surface area contributed by atoms with Crippen molar-refractivity contribution in [2.45, 2.75) is 43.9 Å². The molecule has 2 nitrogen and oxygen atoms in total. The molecule has 0 bridgehead atoms. The molecule has 2 rings (SSSR count). The summed E-state index contributed by atoms with van der Waals surface area (Å²) in [5.41, 5.74) is 8.95. The highest BCUT2D eigenvalue weighted by Gasteiger charge is 2.33. The number of nitrogens with two attached hydrogens (primary N) is 1. The third-order valence-corrected chi connectivity index (χ3v) is 4.14.